The number of benzene rings is 1. The van der Waals surface area contributed by atoms with Crippen LogP contribution in [-0.2, 0) is 6.42 Å². The molecule has 2 N–H and O–H groups in total. The van der Waals surface area contributed by atoms with Gasteiger partial charge in [0.25, 0.3) is 0 Å². The molecule has 1 unspecified atom stereocenters. The number of nitrogens with one attached hydrogen (secondary N) is 1. The van der Waals surface area contributed by atoms with E-state index in [1.807, 2.05) is 0 Å². The Morgan fingerprint density at radius 2 is 2.21 bits per heavy atom. The molecule has 0 saturated heterocycles. The average molecular weight is 330 g/mol. The summed E-state index contributed by atoms with van der Waals surface area (Å²) in [7, 11) is 0. The third kappa shape index (κ3) is 3.36. The van der Waals surface area contributed by atoms with Crippen LogP contribution >= 0.6 is 15.9 Å². The highest BCUT2D eigenvalue weighted by atomic mass is 79.9. The summed E-state index contributed by atoms with van der Waals surface area (Å²) in [5, 5.41) is 12.6. The van der Waals surface area contributed by atoms with Gasteiger partial charge in [-0.3, -0.25) is 0 Å². The lowest BCUT2D eigenvalue weighted by Crippen LogP contribution is -2.32. The molecule has 19 heavy (non-hydrogen) atoms. The van der Waals surface area contributed by atoms with Crippen molar-refractivity contribution in [3.8, 4) is 0 Å². The Kier molecular flexibility index (Phi) is 4.64. The number of hydrogen-bond donors (Lipinski definition) is 2. The van der Waals surface area contributed by atoms with Crippen molar-refractivity contribution in [3.63, 3.8) is 0 Å². The van der Waals surface area contributed by atoms with Gasteiger partial charge in [-0.15, -0.1) is 0 Å². The van der Waals surface area contributed by atoms with Crippen LogP contribution in [0.15, 0.2) is 16.6 Å². The molecule has 1 aromatic rings. The molecule has 0 amide bonds. The fourth-order valence-electron chi connectivity index (χ4n) is 2.67. The Bertz CT molecular complexity index is 462. The maximum atomic E-state index is 13.8. The van der Waals surface area contributed by atoms with Gasteiger partial charge in [0.15, 0.2) is 0 Å². The molecule has 106 valence electrons. The van der Waals surface area contributed by atoms with Crippen molar-refractivity contribution in [2.75, 3.05) is 13.2 Å². The first-order valence-corrected chi connectivity index (χ1v) is 7.55. The topological polar surface area (TPSA) is 32.3 Å². The van der Waals surface area contributed by atoms with Gasteiger partial charge in [0, 0.05) is 23.7 Å². The fraction of sp³-hybridized carbons (Fsp3) is 0.600. The van der Waals surface area contributed by atoms with Gasteiger partial charge >= 0.3 is 0 Å². The van der Waals surface area contributed by atoms with E-state index in [2.05, 4.69) is 35.1 Å². The molecule has 1 aromatic carbocycles. The fourth-order valence-corrected chi connectivity index (χ4v) is 3.32. The minimum Gasteiger partial charge on any atom is -0.396 e. The van der Waals surface area contributed by atoms with Gasteiger partial charge in [-0.05, 0) is 47.9 Å². The molecular weight excluding hydrogens is 309 g/mol. The zero-order chi connectivity index (χ0) is 14.0. The molecule has 0 aliphatic heterocycles. The van der Waals surface area contributed by atoms with E-state index in [0.29, 0.717) is 0 Å². The molecule has 0 radical (unpaired) electrons. The Morgan fingerprint density at radius 3 is 2.89 bits per heavy atom. The third-order valence-electron chi connectivity index (χ3n) is 3.89. The van der Waals surface area contributed by atoms with Gasteiger partial charge in [-0.2, -0.15) is 0 Å². The maximum absolute atomic E-state index is 13.8. The lowest BCUT2D eigenvalue weighted by Gasteiger charge is -2.27. The number of rotatable bonds is 5. The normalized spacial score (nSPS) is 18.7. The second kappa shape index (κ2) is 5.90. The van der Waals surface area contributed by atoms with Gasteiger partial charge < -0.3 is 10.4 Å². The summed E-state index contributed by atoms with van der Waals surface area (Å²) in [6.45, 7) is 5.29. The van der Waals surface area contributed by atoms with E-state index in [0.717, 1.165) is 41.4 Å². The second-order valence-electron chi connectivity index (χ2n) is 6.03. The number of aliphatic hydroxyl groups is 1. The van der Waals surface area contributed by atoms with Crippen LogP contribution in [0.2, 0.25) is 0 Å². The zero-order valence-corrected chi connectivity index (χ0v) is 13.1. The molecule has 0 fully saturated rings. The second-order valence-corrected chi connectivity index (χ2v) is 6.89. The Labute approximate surface area is 122 Å². The minimum absolute atomic E-state index is 0.0529. The van der Waals surface area contributed by atoms with Crippen LogP contribution in [-0.4, -0.2) is 18.3 Å². The van der Waals surface area contributed by atoms with Crippen molar-refractivity contribution in [1.29, 1.82) is 0 Å². The Hall–Kier alpha value is -0.450. The first-order chi connectivity index (χ1) is 8.94. The quantitative estimate of drug-likeness (QED) is 0.865. The summed E-state index contributed by atoms with van der Waals surface area (Å²) in [6, 6.07) is 3.52. The third-order valence-corrected chi connectivity index (χ3v) is 4.59. The Balaban J connectivity index is 2.09. The molecule has 0 heterocycles. The highest BCUT2D eigenvalue weighted by molar-refractivity contribution is 9.10. The monoisotopic (exact) mass is 329 g/mol. The predicted octanol–water partition coefficient (Wildman–Crippen LogP) is 3.57. The van der Waals surface area contributed by atoms with Crippen LogP contribution in [0.4, 0.5) is 4.39 Å². The lowest BCUT2D eigenvalue weighted by molar-refractivity contribution is 0.202. The van der Waals surface area contributed by atoms with E-state index in [9.17, 15) is 4.39 Å². The highest BCUT2D eigenvalue weighted by Crippen LogP contribution is 2.38. The van der Waals surface area contributed by atoms with Crippen molar-refractivity contribution in [2.24, 2.45) is 5.41 Å². The summed E-state index contributed by atoms with van der Waals surface area (Å²) < 4.78 is 14.7. The smallest absolute Gasteiger partial charge is 0.126 e. The van der Waals surface area contributed by atoms with E-state index in [1.54, 1.807) is 6.07 Å². The molecule has 1 atom stereocenters. The number of aliphatic hydroxyl groups excluding tert-OH is 1. The molecule has 0 saturated carbocycles. The van der Waals surface area contributed by atoms with Gasteiger partial charge in [-0.1, -0.05) is 29.8 Å². The largest absolute Gasteiger partial charge is 0.396 e. The van der Waals surface area contributed by atoms with Gasteiger partial charge in [0.2, 0.25) is 0 Å². The highest BCUT2D eigenvalue weighted by Gasteiger charge is 2.28. The zero-order valence-electron chi connectivity index (χ0n) is 11.5. The summed E-state index contributed by atoms with van der Waals surface area (Å²) in [5.74, 6) is -0.0999. The van der Waals surface area contributed by atoms with E-state index in [4.69, 9.17) is 5.11 Å². The van der Waals surface area contributed by atoms with Crippen molar-refractivity contribution in [2.45, 2.75) is 39.2 Å². The van der Waals surface area contributed by atoms with Gasteiger partial charge in [0.1, 0.15) is 5.82 Å². The van der Waals surface area contributed by atoms with Gasteiger partial charge in [-0.25, -0.2) is 4.39 Å². The van der Waals surface area contributed by atoms with Crippen molar-refractivity contribution >= 4 is 15.9 Å². The molecule has 1 aliphatic rings. The van der Waals surface area contributed by atoms with E-state index in [-0.39, 0.29) is 23.9 Å². The molecule has 0 aromatic heterocycles. The van der Waals surface area contributed by atoms with Crippen molar-refractivity contribution in [1.82, 2.24) is 5.32 Å². The van der Waals surface area contributed by atoms with Gasteiger partial charge in [0.05, 0.1) is 0 Å². The van der Waals surface area contributed by atoms with Crippen LogP contribution in [0.3, 0.4) is 0 Å². The average Bonchev–Trinajstić information content (AvgIpc) is 2.77. The summed E-state index contributed by atoms with van der Waals surface area (Å²) in [5.41, 5.74) is 1.96. The van der Waals surface area contributed by atoms with Crippen molar-refractivity contribution in [3.05, 3.63) is 33.5 Å². The number of halogens is 2. The van der Waals surface area contributed by atoms with Crippen LogP contribution in [0.1, 0.15) is 43.9 Å². The Morgan fingerprint density at radius 1 is 1.47 bits per heavy atom. The first-order valence-electron chi connectivity index (χ1n) is 6.75. The van der Waals surface area contributed by atoms with Crippen LogP contribution in [0.5, 0.6) is 0 Å². The minimum atomic E-state index is -0.0999. The molecule has 0 bridgehead atoms. The molecule has 2 nitrogen and oxygen atoms in total. The first kappa shape index (κ1) is 14.9. The predicted molar refractivity (Wildman–Crippen MR) is 78.6 cm³/mol. The molecule has 2 rings (SSSR count). The molecule has 1 aliphatic carbocycles. The maximum Gasteiger partial charge on any atom is 0.126 e. The van der Waals surface area contributed by atoms with E-state index < -0.39 is 0 Å². The molecular formula is C15H21BrFNO. The van der Waals surface area contributed by atoms with E-state index >= 15 is 0 Å². The summed E-state index contributed by atoms with van der Waals surface area (Å²) in [6.07, 6.45) is 2.49. The standard InChI is InChI=1S/C15H21BrFNO/c1-15(2,7-8-19)9-18-13-6-3-10-12(17)5-4-11(16)14(10)13/h4-5,13,18-19H,3,6-9H2,1-2H3. The van der Waals surface area contributed by atoms with Crippen molar-refractivity contribution < 1.29 is 9.50 Å². The SMILES string of the molecule is CC(C)(CCO)CNC1CCc2c(F)ccc(Br)c21. The van der Waals surface area contributed by atoms with Crippen LogP contribution in [0, 0.1) is 11.2 Å². The van der Waals surface area contributed by atoms with Crippen LogP contribution < -0.4 is 5.32 Å². The molecule has 4 heteroatoms. The van der Waals surface area contributed by atoms with Crippen LogP contribution in [0.25, 0.3) is 0 Å². The lowest BCUT2D eigenvalue weighted by atomic mass is 9.89. The summed E-state index contributed by atoms with van der Waals surface area (Å²) >= 11 is 3.53. The van der Waals surface area contributed by atoms with E-state index in [1.165, 1.54) is 6.07 Å². The summed E-state index contributed by atoms with van der Waals surface area (Å²) in [4.78, 5) is 0. The number of fused-ring (bicyclic) bond motifs is 1. The molecule has 0 spiro atoms. The number of hydrogen-bond acceptors (Lipinski definition) is 2.